The molecule has 0 aromatic heterocycles. The van der Waals surface area contributed by atoms with Gasteiger partial charge in [0.2, 0.25) is 5.91 Å². The Morgan fingerprint density at radius 1 is 1.75 bits per heavy atom. The van der Waals surface area contributed by atoms with Crippen molar-refractivity contribution >= 4 is 5.91 Å². The monoisotopic (exact) mass is 170 g/mol. The molecular weight excluding hydrogens is 160 g/mol. The fraction of sp³-hybridized carbons (Fsp3) is 0.714. The van der Waals surface area contributed by atoms with E-state index in [4.69, 9.17) is 10.00 Å². The number of nitrogens with one attached hydrogen (secondary N) is 1. The number of aliphatic hydroxyl groups excluding tert-OH is 1. The number of carbonyl (C=O) groups is 1. The van der Waals surface area contributed by atoms with E-state index < -0.39 is 6.10 Å². The van der Waals surface area contributed by atoms with Gasteiger partial charge in [-0.15, -0.1) is 0 Å². The minimum atomic E-state index is -0.646. The summed E-state index contributed by atoms with van der Waals surface area (Å²) in [6, 6.07) is 1.37. The van der Waals surface area contributed by atoms with Crippen LogP contribution in [0.5, 0.6) is 0 Å². The molecule has 0 aromatic carbocycles. The molecule has 5 nitrogen and oxygen atoms in total. The van der Waals surface area contributed by atoms with Crippen molar-refractivity contribution in [1.82, 2.24) is 5.32 Å². The Kier molecular flexibility index (Phi) is 3.02. The molecule has 2 atom stereocenters. The van der Waals surface area contributed by atoms with Gasteiger partial charge < -0.3 is 15.2 Å². The highest BCUT2D eigenvalue weighted by molar-refractivity contribution is 5.78. The summed E-state index contributed by atoms with van der Waals surface area (Å²) in [4.78, 5) is 10.8. The zero-order valence-electron chi connectivity index (χ0n) is 6.49. The smallest absolute Gasteiger partial charge is 0.234 e. The van der Waals surface area contributed by atoms with Crippen LogP contribution in [0.2, 0.25) is 0 Å². The van der Waals surface area contributed by atoms with Gasteiger partial charge in [-0.05, 0) is 0 Å². The number of ether oxygens (including phenoxy) is 1. The summed E-state index contributed by atoms with van der Waals surface area (Å²) in [5.41, 5.74) is 0. The van der Waals surface area contributed by atoms with Crippen LogP contribution < -0.4 is 5.32 Å². The van der Waals surface area contributed by atoms with E-state index in [0.717, 1.165) is 0 Å². The second-order valence-electron chi connectivity index (χ2n) is 2.61. The summed E-state index contributed by atoms with van der Waals surface area (Å²) in [7, 11) is 0. The van der Waals surface area contributed by atoms with Gasteiger partial charge in [-0.2, -0.15) is 5.26 Å². The molecule has 0 saturated carbocycles. The first-order valence-electron chi connectivity index (χ1n) is 3.66. The highest BCUT2D eigenvalue weighted by atomic mass is 16.5. The molecular formula is C7H10N2O3. The molecule has 0 bridgehead atoms. The van der Waals surface area contributed by atoms with Gasteiger partial charge in [0.15, 0.2) is 0 Å². The van der Waals surface area contributed by atoms with Crippen LogP contribution in [0.15, 0.2) is 0 Å². The number of carbonyl (C=O) groups excluding carboxylic acids is 1. The minimum Gasteiger partial charge on any atom is -0.388 e. The third-order valence-corrected chi connectivity index (χ3v) is 1.64. The highest BCUT2D eigenvalue weighted by Gasteiger charge is 2.27. The van der Waals surface area contributed by atoms with Crippen molar-refractivity contribution in [2.75, 3.05) is 13.2 Å². The first-order chi connectivity index (χ1) is 5.74. The number of nitrogens with zero attached hydrogens (tertiary/aromatic N) is 1. The number of hydrogen-bond acceptors (Lipinski definition) is 4. The van der Waals surface area contributed by atoms with E-state index in [2.05, 4.69) is 5.32 Å². The van der Waals surface area contributed by atoms with Crippen molar-refractivity contribution in [2.45, 2.75) is 18.6 Å². The number of hydrogen-bond donors (Lipinski definition) is 2. The molecule has 1 amide bonds. The summed E-state index contributed by atoms with van der Waals surface area (Å²) in [5, 5.41) is 19.8. The van der Waals surface area contributed by atoms with Crippen molar-refractivity contribution in [3.05, 3.63) is 0 Å². The van der Waals surface area contributed by atoms with E-state index in [0.29, 0.717) is 6.61 Å². The lowest BCUT2D eigenvalue weighted by Crippen LogP contribution is -2.42. The highest BCUT2D eigenvalue weighted by Crippen LogP contribution is 2.04. The fourth-order valence-corrected chi connectivity index (χ4v) is 1.01. The van der Waals surface area contributed by atoms with Crippen molar-refractivity contribution in [2.24, 2.45) is 0 Å². The summed E-state index contributed by atoms with van der Waals surface area (Å²) in [6.45, 7) is 0.565. The molecule has 66 valence electrons. The Labute approximate surface area is 69.9 Å². The molecule has 1 aliphatic heterocycles. The molecule has 1 aliphatic rings. The largest absolute Gasteiger partial charge is 0.388 e. The normalized spacial score (nSPS) is 28.0. The zero-order valence-corrected chi connectivity index (χ0v) is 6.49. The summed E-state index contributed by atoms with van der Waals surface area (Å²) in [5.74, 6) is -0.368. The van der Waals surface area contributed by atoms with Gasteiger partial charge in [-0.25, -0.2) is 0 Å². The maximum Gasteiger partial charge on any atom is 0.234 e. The number of aliphatic hydroxyl groups is 1. The van der Waals surface area contributed by atoms with Crippen molar-refractivity contribution in [3.63, 3.8) is 0 Å². The molecule has 1 rings (SSSR count). The Hall–Kier alpha value is -1.12. The lowest BCUT2D eigenvalue weighted by atomic mass is 10.2. The third-order valence-electron chi connectivity index (χ3n) is 1.64. The van der Waals surface area contributed by atoms with E-state index in [9.17, 15) is 9.90 Å². The average Bonchev–Trinajstić information content (AvgIpc) is 2.37. The van der Waals surface area contributed by atoms with Gasteiger partial charge in [0.1, 0.15) is 6.42 Å². The Bertz CT molecular complexity index is 211. The Morgan fingerprint density at radius 3 is 3.00 bits per heavy atom. The molecule has 0 aliphatic carbocycles. The molecule has 0 unspecified atom stereocenters. The average molecular weight is 170 g/mol. The van der Waals surface area contributed by atoms with E-state index >= 15 is 0 Å². The van der Waals surface area contributed by atoms with Crippen LogP contribution in [0.3, 0.4) is 0 Å². The lowest BCUT2D eigenvalue weighted by Gasteiger charge is -2.12. The first kappa shape index (κ1) is 8.97. The number of amides is 1. The van der Waals surface area contributed by atoms with Crippen LogP contribution in [0, 0.1) is 11.3 Å². The molecule has 1 saturated heterocycles. The second kappa shape index (κ2) is 4.04. The van der Waals surface area contributed by atoms with Crippen LogP contribution in [0.25, 0.3) is 0 Å². The molecule has 12 heavy (non-hydrogen) atoms. The maximum absolute atomic E-state index is 10.8. The minimum absolute atomic E-state index is 0.177. The predicted octanol–water partition coefficient (Wildman–Crippen LogP) is -1.22. The SMILES string of the molecule is N#CCC(=O)N[C@@H]1COC[C@H]1O. The fourth-order valence-electron chi connectivity index (χ4n) is 1.01. The van der Waals surface area contributed by atoms with Gasteiger partial charge in [0, 0.05) is 0 Å². The molecule has 0 radical (unpaired) electrons. The quantitative estimate of drug-likeness (QED) is 0.544. The van der Waals surface area contributed by atoms with E-state index in [1.165, 1.54) is 0 Å². The number of nitriles is 1. The van der Waals surface area contributed by atoms with Crippen LogP contribution in [0.1, 0.15) is 6.42 Å². The molecule has 0 aromatic rings. The van der Waals surface area contributed by atoms with Crippen LogP contribution in [-0.4, -0.2) is 36.4 Å². The predicted molar refractivity (Wildman–Crippen MR) is 39.0 cm³/mol. The molecule has 0 spiro atoms. The van der Waals surface area contributed by atoms with Crippen molar-refractivity contribution in [3.8, 4) is 6.07 Å². The van der Waals surface area contributed by atoms with Crippen molar-refractivity contribution in [1.29, 1.82) is 5.26 Å². The van der Waals surface area contributed by atoms with Gasteiger partial charge >= 0.3 is 0 Å². The Balaban J connectivity index is 2.31. The second-order valence-corrected chi connectivity index (χ2v) is 2.61. The van der Waals surface area contributed by atoms with Gasteiger partial charge in [0.05, 0.1) is 31.4 Å². The van der Waals surface area contributed by atoms with Gasteiger partial charge in [-0.3, -0.25) is 4.79 Å². The van der Waals surface area contributed by atoms with E-state index in [1.54, 1.807) is 6.07 Å². The summed E-state index contributed by atoms with van der Waals surface area (Å²) >= 11 is 0. The van der Waals surface area contributed by atoms with E-state index in [-0.39, 0.29) is 25.0 Å². The Morgan fingerprint density at radius 2 is 2.50 bits per heavy atom. The van der Waals surface area contributed by atoms with Crippen LogP contribution >= 0.6 is 0 Å². The summed E-state index contributed by atoms with van der Waals surface area (Å²) < 4.78 is 4.90. The van der Waals surface area contributed by atoms with E-state index in [1.807, 2.05) is 0 Å². The van der Waals surface area contributed by atoms with Crippen LogP contribution in [0.4, 0.5) is 0 Å². The molecule has 2 N–H and O–H groups in total. The van der Waals surface area contributed by atoms with Crippen LogP contribution in [-0.2, 0) is 9.53 Å². The number of rotatable bonds is 2. The van der Waals surface area contributed by atoms with Crippen molar-refractivity contribution < 1.29 is 14.6 Å². The topological polar surface area (TPSA) is 82.4 Å². The summed E-state index contributed by atoms with van der Waals surface area (Å²) in [6.07, 6.45) is -0.823. The first-order valence-corrected chi connectivity index (χ1v) is 3.66. The molecule has 5 heteroatoms. The zero-order chi connectivity index (χ0) is 8.97. The van der Waals surface area contributed by atoms with Gasteiger partial charge in [0.25, 0.3) is 0 Å². The third kappa shape index (κ3) is 2.19. The lowest BCUT2D eigenvalue weighted by molar-refractivity contribution is -0.121. The standard InChI is InChI=1S/C7H10N2O3/c8-2-1-7(11)9-5-3-12-4-6(5)10/h5-6,10H,1,3-4H2,(H,9,11)/t5-,6-/m1/s1. The molecule has 1 fully saturated rings. The molecule has 1 heterocycles. The maximum atomic E-state index is 10.8. The van der Waals surface area contributed by atoms with Gasteiger partial charge in [-0.1, -0.05) is 0 Å².